The van der Waals surface area contributed by atoms with E-state index in [0.717, 1.165) is 19.4 Å². The average Bonchev–Trinajstić information content (AvgIpc) is 2.25. The summed E-state index contributed by atoms with van der Waals surface area (Å²) >= 11 is 0. The van der Waals surface area contributed by atoms with E-state index >= 15 is 0 Å². The fourth-order valence-electron chi connectivity index (χ4n) is 1.71. The van der Waals surface area contributed by atoms with E-state index in [0.29, 0.717) is 19.4 Å². The summed E-state index contributed by atoms with van der Waals surface area (Å²) in [6.45, 7) is 5.82. The third-order valence-corrected chi connectivity index (χ3v) is 2.92. The lowest BCUT2D eigenvalue weighted by Gasteiger charge is -2.22. The SMILES string of the molecule is CC1(C)CCC(=O)N(CCC#N)CC1. The minimum absolute atomic E-state index is 0.214. The maximum atomic E-state index is 11.6. The van der Waals surface area contributed by atoms with Crippen molar-refractivity contribution in [2.24, 2.45) is 5.41 Å². The highest BCUT2D eigenvalue weighted by atomic mass is 16.2. The van der Waals surface area contributed by atoms with Crippen molar-refractivity contribution in [2.75, 3.05) is 13.1 Å². The molecule has 3 heteroatoms. The zero-order valence-corrected chi connectivity index (χ0v) is 9.05. The van der Waals surface area contributed by atoms with Crippen molar-refractivity contribution in [1.29, 1.82) is 5.26 Å². The number of rotatable bonds is 2. The van der Waals surface area contributed by atoms with E-state index in [4.69, 9.17) is 5.26 Å². The molecule has 0 atom stereocenters. The van der Waals surface area contributed by atoms with Crippen molar-refractivity contribution in [2.45, 2.75) is 39.5 Å². The summed E-state index contributed by atoms with van der Waals surface area (Å²) < 4.78 is 0. The van der Waals surface area contributed by atoms with Crippen LogP contribution < -0.4 is 0 Å². The molecule has 1 saturated heterocycles. The molecule has 78 valence electrons. The van der Waals surface area contributed by atoms with Gasteiger partial charge in [-0.15, -0.1) is 0 Å². The molecule has 0 N–H and O–H groups in total. The quantitative estimate of drug-likeness (QED) is 0.674. The van der Waals surface area contributed by atoms with Crippen LogP contribution in [0.25, 0.3) is 0 Å². The van der Waals surface area contributed by atoms with Gasteiger partial charge in [-0.3, -0.25) is 4.79 Å². The summed E-state index contributed by atoms with van der Waals surface area (Å²) in [6, 6.07) is 2.08. The third kappa shape index (κ3) is 3.02. The summed E-state index contributed by atoms with van der Waals surface area (Å²) in [7, 11) is 0. The molecule has 1 fully saturated rings. The second-order valence-corrected chi connectivity index (χ2v) is 4.70. The van der Waals surface area contributed by atoms with E-state index in [-0.39, 0.29) is 11.3 Å². The van der Waals surface area contributed by atoms with Crippen molar-refractivity contribution in [3.8, 4) is 6.07 Å². The number of likely N-dealkylation sites (tertiary alicyclic amines) is 1. The fourth-order valence-corrected chi connectivity index (χ4v) is 1.71. The summed E-state index contributed by atoms with van der Waals surface area (Å²) in [5, 5.41) is 8.47. The van der Waals surface area contributed by atoms with E-state index in [2.05, 4.69) is 19.9 Å². The van der Waals surface area contributed by atoms with Crippen LogP contribution in [0.15, 0.2) is 0 Å². The highest BCUT2D eigenvalue weighted by molar-refractivity contribution is 5.76. The number of carbonyl (C=O) groups is 1. The molecule has 0 aliphatic carbocycles. The maximum absolute atomic E-state index is 11.6. The monoisotopic (exact) mass is 194 g/mol. The molecule has 1 heterocycles. The van der Waals surface area contributed by atoms with Gasteiger partial charge < -0.3 is 4.90 Å². The van der Waals surface area contributed by atoms with Gasteiger partial charge in [0.2, 0.25) is 5.91 Å². The molecule has 0 bridgehead atoms. The Kier molecular flexibility index (Phi) is 3.51. The zero-order chi connectivity index (χ0) is 10.6. The molecule has 1 rings (SSSR count). The molecule has 0 radical (unpaired) electrons. The van der Waals surface area contributed by atoms with Crippen LogP contribution in [0.1, 0.15) is 39.5 Å². The van der Waals surface area contributed by atoms with E-state index in [1.165, 1.54) is 0 Å². The van der Waals surface area contributed by atoms with E-state index in [9.17, 15) is 4.79 Å². The molecule has 1 aliphatic rings. The third-order valence-electron chi connectivity index (χ3n) is 2.92. The Morgan fingerprint density at radius 2 is 2.21 bits per heavy atom. The molecule has 0 unspecified atom stereocenters. The second-order valence-electron chi connectivity index (χ2n) is 4.70. The van der Waals surface area contributed by atoms with Gasteiger partial charge in [-0.1, -0.05) is 13.8 Å². The molecular formula is C11H18N2O. The van der Waals surface area contributed by atoms with Crippen molar-refractivity contribution in [3.05, 3.63) is 0 Å². The molecule has 0 aromatic carbocycles. The molecule has 0 aromatic heterocycles. The Morgan fingerprint density at radius 3 is 2.86 bits per heavy atom. The first-order valence-corrected chi connectivity index (χ1v) is 5.20. The van der Waals surface area contributed by atoms with Crippen molar-refractivity contribution in [3.63, 3.8) is 0 Å². The largest absolute Gasteiger partial charge is 0.342 e. The van der Waals surface area contributed by atoms with Gasteiger partial charge in [0.05, 0.1) is 12.5 Å². The number of nitrogens with zero attached hydrogens (tertiary/aromatic N) is 2. The van der Waals surface area contributed by atoms with Gasteiger partial charge in [-0.05, 0) is 18.3 Å². The lowest BCUT2D eigenvalue weighted by Crippen LogP contribution is -2.31. The van der Waals surface area contributed by atoms with E-state index in [1.54, 1.807) is 0 Å². The van der Waals surface area contributed by atoms with Gasteiger partial charge in [-0.25, -0.2) is 0 Å². The maximum Gasteiger partial charge on any atom is 0.222 e. The standard InChI is InChI=1S/C11H18N2O/c1-11(2)5-4-10(14)13(9-6-11)8-3-7-12/h3-6,8-9H2,1-2H3. The van der Waals surface area contributed by atoms with Crippen LogP contribution in [0.3, 0.4) is 0 Å². The average molecular weight is 194 g/mol. The Hall–Kier alpha value is -1.04. The van der Waals surface area contributed by atoms with Gasteiger partial charge in [0.25, 0.3) is 0 Å². The summed E-state index contributed by atoms with van der Waals surface area (Å²) in [4.78, 5) is 13.5. The van der Waals surface area contributed by atoms with Crippen molar-refractivity contribution >= 4 is 5.91 Å². The summed E-state index contributed by atoms with van der Waals surface area (Å²) in [5.74, 6) is 0.214. The minimum atomic E-state index is 0.214. The number of amides is 1. The summed E-state index contributed by atoms with van der Waals surface area (Å²) in [5.41, 5.74) is 0.275. The van der Waals surface area contributed by atoms with Gasteiger partial charge in [-0.2, -0.15) is 5.26 Å². The lowest BCUT2D eigenvalue weighted by atomic mass is 9.85. The molecule has 1 amide bonds. The number of nitriles is 1. The van der Waals surface area contributed by atoms with E-state index in [1.807, 2.05) is 4.90 Å². The predicted molar refractivity (Wildman–Crippen MR) is 54.4 cm³/mol. The Labute approximate surface area is 85.7 Å². The molecule has 3 nitrogen and oxygen atoms in total. The first-order valence-electron chi connectivity index (χ1n) is 5.20. The van der Waals surface area contributed by atoms with Gasteiger partial charge >= 0.3 is 0 Å². The van der Waals surface area contributed by atoms with Gasteiger partial charge in [0.15, 0.2) is 0 Å². The van der Waals surface area contributed by atoms with E-state index < -0.39 is 0 Å². The normalized spacial score (nSPS) is 21.5. The summed E-state index contributed by atoms with van der Waals surface area (Å²) in [6.07, 6.45) is 3.10. The minimum Gasteiger partial charge on any atom is -0.342 e. The van der Waals surface area contributed by atoms with Crippen LogP contribution in [-0.4, -0.2) is 23.9 Å². The number of carbonyl (C=O) groups excluding carboxylic acids is 1. The smallest absolute Gasteiger partial charge is 0.222 e. The van der Waals surface area contributed by atoms with Crippen LogP contribution >= 0.6 is 0 Å². The van der Waals surface area contributed by atoms with Crippen LogP contribution in [0.4, 0.5) is 0 Å². The zero-order valence-electron chi connectivity index (χ0n) is 9.05. The first kappa shape index (κ1) is 11.0. The van der Waals surface area contributed by atoms with Crippen LogP contribution in [0, 0.1) is 16.7 Å². The fraction of sp³-hybridized carbons (Fsp3) is 0.818. The van der Waals surface area contributed by atoms with Gasteiger partial charge in [0, 0.05) is 19.5 Å². The van der Waals surface area contributed by atoms with Crippen molar-refractivity contribution < 1.29 is 4.79 Å². The first-order chi connectivity index (χ1) is 6.55. The topological polar surface area (TPSA) is 44.1 Å². The molecule has 14 heavy (non-hydrogen) atoms. The lowest BCUT2D eigenvalue weighted by molar-refractivity contribution is -0.130. The highest BCUT2D eigenvalue weighted by Gasteiger charge is 2.26. The van der Waals surface area contributed by atoms with Crippen molar-refractivity contribution in [1.82, 2.24) is 4.90 Å². The molecule has 1 aliphatic heterocycles. The number of hydrogen-bond acceptors (Lipinski definition) is 2. The second kappa shape index (κ2) is 4.45. The van der Waals surface area contributed by atoms with Crippen LogP contribution in [0.2, 0.25) is 0 Å². The van der Waals surface area contributed by atoms with Gasteiger partial charge in [0.1, 0.15) is 0 Å². The Balaban J connectivity index is 2.53. The van der Waals surface area contributed by atoms with Crippen LogP contribution in [-0.2, 0) is 4.79 Å². The molecule has 0 saturated carbocycles. The molecule has 0 spiro atoms. The highest BCUT2D eigenvalue weighted by Crippen LogP contribution is 2.30. The Morgan fingerprint density at radius 1 is 1.50 bits per heavy atom. The molecule has 0 aromatic rings. The predicted octanol–water partition coefficient (Wildman–Crippen LogP) is 1.94. The number of hydrogen-bond donors (Lipinski definition) is 0. The Bertz CT molecular complexity index is 253. The molecular weight excluding hydrogens is 176 g/mol. The van der Waals surface area contributed by atoms with Crippen LogP contribution in [0.5, 0.6) is 0 Å².